The van der Waals surface area contributed by atoms with E-state index in [0.29, 0.717) is 17.7 Å². The normalized spacial score (nSPS) is 11.0. The van der Waals surface area contributed by atoms with Gasteiger partial charge in [-0.15, -0.1) is 0 Å². The third kappa shape index (κ3) is 5.84. The van der Waals surface area contributed by atoms with Gasteiger partial charge in [0.1, 0.15) is 5.75 Å². The first-order valence-corrected chi connectivity index (χ1v) is 9.14. The Kier molecular flexibility index (Phi) is 6.99. The average Bonchev–Trinajstić information content (AvgIpc) is 2.65. The van der Waals surface area contributed by atoms with Crippen LogP contribution in [0.4, 0.5) is 0 Å². The number of benzene rings is 2. The Morgan fingerprint density at radius 3 is 2.26 bits per heavy atom. The number of amides is 2. The van der Waals surface area contributed by atoms with Crippen LogP contribution in [0.25, 0.3) is 0 Å². The summed E-state index contributed by atoms with van der Waals surface area (Å²) in [4.78, 5) is 25.5. The largest absolute Gasteiger partial charge is 0.496 e. The number of methoxy groups -OCH3 is 1. The Balaban J connectivity index is 2.03. The molecule has 0 heterocycles. The lowest BCUT2D eigenvalue weighted by Crippen LogP contribution is -2.55. The fourth-order valence-electron chi connectivity index (χ4n) is 2.74. The van der Waals surface area contributed by atoms with Gasteiger partial charge in [0.15, 0.2) is 0 Å². The maximum absolute atomic E-state index is 13.0. The number of ether oxygens (including phenoxy) is 1. The Morgan fingerprint density at radius 2 is 1.63 bits per heavy atom. The van der Waals surface area contributed by atoms with Gasteiger partial charge >= 0.3 is 0 Å². The van der Waals surface area contributed by atoms with Crippen molar-refractivity contribution in [2.45, 2.75) is 45.6 Å². The monoisotopic (exact) mass is 368 g/mol. The van der Waals surface area contributed by atoms with Gasteiger partial charge in [0.2, 0.25) is 5.91 Å². The number of nitrogens with zero attached hydrogens (tertiary/aromatic N) is 1. The molecule has 0 aliphatic rings. The minimum Gasteiger partial charge on any atom is -0.496 e. The highest BCUT2D eigenvalue weighted by atomic mass is 16.5. The van der Waals surface area contributed by atoms with Crippen molar-refractivity contribution in [2.24, 2.45) is 0 Å². The van der Waals surface area contributed by atoms with Crippen molar-refractivity contribution in [3.8, 4) is 5.75 Å². The summed E-state index contributed by atoms with van der Waals surface area (Å²) >= 11 is 0. The van der Waals surface area contributed by atoms with E-state index in [0.717, 1.165) is 12.8 Å². The van der Waals surface area contributed by atoms with Crippen molar-refractivity contribution in [2.75, 3.05) is 7.11 Å². The molecule has 0 aliphatic heterocycles. The van der Waals surface area contributed by atoms with Gasteiger partial charge in [-0.3, -0.25) is 15.0 Å². The van der Waals surface area contributed by atoms with Crippen LogP contribution in [0, 0.1) is 0 Å². The van der Waals surface area contributed by atoms with Gasteiger partial charge in [-0.25, -0.2) is 5.01 Å². The van der Waals surface area contributed by atoms with E-state index in [1.807, 2.05) is 51.1 Å². The molecule has 2 aromatic carbocycles. The van der Waals surface area contributed by atoms with Crippen LogP contribution in [0.3, 0.4) is 0 Å². The van der Waals surface area contributed by atoms with Crippen LogP contribution in [0.2, 0.25) is 0 Å². The SMILES string of the molecule is COc1ccccc1C(=O)N(NC(=O)CCCc1ccccc1)C(C)(C)C. The summed E-state index contributed by atoms with van der Waals surface area (Å²) in [6.07, 6.45) is 1.89. The van der Waals surface area contributed by atoms with Crippen molar-refractivity contribution in [1.82, 2.24) is 10.4 Å². The Hall–Kier alpha value is -2.82. The average molecular weight is 368 g/mol. The number of carbonyl (C=O) groups excluding carboxylic acids is 2. The Bertz CT molecular complexity index is 767. The molecule has 1 N–H and O–H groups in total. The highest BCUT2D eigenvalue weighted by Gasteiger charge is 2.30. The molecule has 2 amide bonds. The topological polar surface area (TPSA) is 58.6 Å². The predicted octanol–water partition coefficient (Wildman–Crippen LogP) is 3.99. The van der Waals surface area contributed by atoms with E-state index in [1.54, 1.807) is 24.3 Å². The summed E-state index contributed by atoms with van der Waals surface area (Å²) in [5, 5.41) is 1.38. The second-order valence-corrected chi connectivity index (χ2v) is 7.39. The van der Waals surface area contributed by atoms with E-state index in [-0.39, 0.29) is 11.8 Å². The van der Waals surface area contributed by atoms with Crippen LogP contribution < -0.4 is 10.2 Å². The molecule has 0 aromatic heterocycles. The summed E-state index contributed by atoms with van der Waals surface area (Å²) < 4.78 is 5.29. The molecule has 0 aliphatic carbocycles. The Morgan fingerprint density at radius 1 is 1.00 bits per heavy atom. The molecule has 27 heavy (non-hydrogen) atoms. The lowest BCUT2D eigenvalue weighted by atomic mass is 10.1. The van der Waals surface area contributed by atoms with Gasteiger partial charge in [-0.05, 0) is 51.3 Å². The Labute approximate surface area is 161 Å². The molecule has 0 fully saturated rings. The number of hydrogen-bond donors (Lipinski definition) is 1. The van der Waals surface area contributed by atoms with Gasteiger partial charge in [0, 0.05) is 6.42 Å². The summed E-state index contributed by atoms with van der Waals surface area (Å²) in [5.41, 5.74) is 3.82. The molecule has 5 nitrogen and oxygen atoms in total. The first-order chi connectivity index (χ1) is 12.8. The van der Waals surface area contributed by atoms with Crippen molar-refractivity contribution in [1.29, 1.82) is 0 Å². The molecule has 0 atom stereocenters. The predicted molar refractivity (Wildman–Crippen MR) is 106 cm³/mol. The summed E-state index contributed by atoms with van der Waals surface area (Å²) in [5.74, 6) is 0.00976. The molecule has 0 unspecified atom stereocenters. The van der Waals surface area contributed by atoms with Crippen LogP contribution in [0.5, 0.6) is 5.75 Å². The first kappa shape index (κ1) is 20.5. The summed E-state index contributed by atoms with van der Waals surface area (Å²) in [6.45, 7) is 5.64. The van der Waals surface area contributed by atoms with Gasteiger partial charge < -0.3 is 4.74 Å². The molecule has 0 radical (unpaired) electrons. The molecule has 5 heteroatoms. The number of hydrogen-bond acceptors (Lipinski definition) is 3. The fourth-order valence-corrected chi connectivity index (χ4v) is 2.74. The minimum atomic E-state index is -0.576. The zero-order valence-corrected chi connectivity index (χ0v) is 16.5. The quantitative estimate of drug-likeness (QED) is 0.785. The molecule has 0 spiro atoms. The number of hydrazine groups is 1. The van der Waals surface area contributed by atoms with E-state index in [9.17, 15) is 9.59 Å². The van der Waals surface area contributed by atoms with E-state index >= 15 is 0 Å². The fraction of sp³-hybridized carbons (Fsp3) is 0.364. The second-order valence-electron chi connectivity index (χ2n) is 7.39. The molecule has 144 valence electrons. The highest BCUT2D eigenvalue weighted by Crippen LogP contribution is 2.22. The van der Waals surface area contributed by atoms with E-state index < -0.39 is 5.54 Å². The van der Waals surface area contributed by atoms with Gasteiger partial charge in [0.25, 0.3) is 5.91 Å². The van der Waals surface area contributed by atoms with E-state index in [1.165, 1.54) is 17.7 Å². The van der Waals surface area contributed by atoms with Crippen molar-refractivity contribution in [3.05, 3.63) is 65.7 Å². The smallest absolute Gasteiger partial charge is 0.276 e. The van der Waals surface area contributed by atoms with E-state index in [2.05, 4.69) is 5.43 Å². The maximum atomic E-state index is 13.0. The number of nitrogens with one attached hydrogen (secondary N) is 1. The second kappa shape index (κ2) is 9.21. The summed E-state index contributed by atoms with van der Waals surface area (Å²) in [7, 11) is 1.52. The van der Waals surface area contributed by atoms with Crippen molar-refractivity contribution in [3.63, 3.8) is 0 Å². The molecular weight excluding hydrogens is 340 g/mol. The van der Waals surface area contributed by atoms with Crippen LogP contribution >= 0.6 is 0 Å². The van der Waals surface area contributed by atoms with Crippen LogP contribution in [-0.4, -0.2) is 29.5 Å². The van der Waals surface area contributed by atoms with Gasteiger partial charge in [-0.2, -0.15) is 0 Å². The zero-order chi connectivity index (χ0) is 19.9. The van der Waals surface area contributed by atoms with Crippen LogP contribution in [-0.2, 0) is 11.2 Å². The van der Waals surface area contributed by atoms with E-state index in [4.69, 9.17) is 4.74 Å². The lowest BCUT2D eigenvalue weighted by molar-refractivity contribution is -0.127. The number of carbonyl (C=O) groups is 2. The zero-order valence-electron chi connectivity index (χ0n) is 16.5. The van der Waals surface area contributed by atoms with Crippen LogP contribution in [0.1, 0.15) is 49.5 Å². The lowest BCUT2D eigenvalue weighted by Gasteiger charge is -2.35. The van der Waals surface area contributed by atoms with Gasteiger partial charge in [0.05, 0.1) is 18.2 Å². The molecular formula is C22H28N2O3. The van der Waals surface area contributed by atoms with Gasteiger partial charge in [-0.1, -0.05) is 42.5 Å². The van der Waals surface area contributed by atoms with Crippen molar-refractivity contribution < 1.29 is 14.3 Å². The molecule has 0 saturated carbocycles. The summed E-state index contributed by atoms with van der Waals surface area (Å²) in [6, 6.07) is 17.1. The van der Waals surface area contributed by atoms with Crippen LogP contribution in [0.15, 0.2) is 54.6 Å². The highest BCUT2D eigenvalue weighted by molar-refractivity contribution is 5.98. The minimum absolute atomic E-state index is 0.177. The third-order valence-corrected chi connectivity index (χ3v) is 4.16. The molecule has 0 saturated heterocycles. The third-order valence-electron chi connectivity index (χ3n) is 4.16. The van der Waals surface area contributed by atoms with Crippen molar-refractivity contribution >= 4 is 11.8 Å². The number of aryl methyl sites for hydroxylation is 1. The molecule has 2 aromatic rings. The standard InChI is InChI=1S/C22H28N2O3/c1-22(2,3)24(21(26)18-14-8-9-15-19(18)27-4)23-20(25)16-10-13-17-11-6-5-7-12-17/h5-9,11-12,14-15H,10,13,16H2,1-4H3,(H,23,25). The first-order valence-electron chi connectivity index (χ1n) is 9.14. The molecule has 0 bridgehead atoms. The molecule has 2 rings (SSSR count). The maximum Gasteiger partial charge on any atom is 0.276 e. The number of para-hydroxylation sites is 1. The number of rotatable bonds is 6.